The molecule has 190 valence electrons. The largest absolute Gasteiger partial charge is 0.366 e. The van der Waals surface area contributed by atoms with Gasteiger partial charge in [0.15, 0.2) is 0 Å². The summed E-state index contributed by atoms with van der Waals surface area (Å²) in [6.45, 7) is 5.38. The summed E-state index contributed by atoms with van der Waals surface area (Å²) in [5, 5.41) is 6.27. The number of carbonyl (C=O) groups is 3. The van der Waals surface area contributed by atoms with Gasteiger partial charge in [-0.3, -0.25) is 14.4 Å². The molecule has 1 aromatic heterocycles. The van der Waals surface area contributed by atoms with E-state index in [1.807, 2.05) is 26.1 Å². The Bertz CT molecular complexity index is 1180. The summed E-state index contributed by atoms with van der Waals surface area (Å²) in [5.41, 5.74) is 8.49. The van der Waals surface area contributed by atoms with Gasteiger partial charge in [-0.25, -0.2) is 4.98 Å². The Morgan fingerprint density at radius 2 is 1.53 bits per heavy atom. The molecule has 3 aliphatic heterocycles. The summed E-state index contributed by atoms with van der Waals surface area (Å²) < 4.78 is 0. The second-order valence-corrected chi connectivity index (χ2v) is 10.6. The minimum Gasteiger partial charge on any atom is -0.366 e. The van der Waals surface area contributed by atoms with Crippen LogP contribution in [0.1, 0.15) is 67.9 Å². The number of rotatable bonds is 6. The lowest BCUT2D eigenvalue weighted by Crippen LogP contribution is -2.57. The van der Waals surface area contributed by atoms with Gasteiger partial charge in [-0.1, -0.05) is 0 Å². The van der Waals surface area contributed by atoms with Gasteiger partial charge in [-0.15, -0.1) is 0 Å². The first-order valence-electron chi connectivity index (χ1n) is 12.6. The van der Waals surface area contributed by atoms with E-state index in [9.17, 15) is 14.4 Å². The van der Waals surface area contributed by atoms with Crippen LogP contribution in [-0.2, 0) is 0 Å². The van der Waals surface area contributed by atoms with Crippen LogP contribution < -0.4 is 21.3 Å². The average Bonchev–Trinajstić information content (AvgIpc) is 3.09. The molecule has 0 saturated carbocycles. The number of nitrogens with zero attached hydrogens (tertiary/aromatic N) is 3. The quantitative estimate of drug-likeness (QED) is 0.568. The maximum absolute atomic E-state index is 13.1. The SMILES string of the molecule is Cc1cc(C(=O)N[C@H]2C[C@H]3CC[C@@H](C2)N3c2ccc(C(=O)NC3CN(C)C3)cn2)c(C)cc1C(N)=O. The van der Waals surface area contributed by atoms with Gasteiger partial charge >= 0.3 is 0 Å². The number of primary amides is 1. The minimum atomic E-state index is -0.486. The lowest BCUT2D eigenvalue weighted by Gasteiger charge is -2.40. The Balaban J connectivity index is 1.21. The number of benzene rings is 1. The van der Waals surface area contributed by atoms with Crippen LogP contribution in [0.3, 0.4) is 0 Å². The van der Waals surface area contributed by atoms with Crippen LogP contribution in [0.4, 0.5) is 5.82 Å². The third-order valence-electron chi connectivity index (χ3n) is 7.82. The highest BCUT2D eigenvalue weighted by Crippen LogP contribution is 2.38. The lowest BCUT2D eigenvalue weighted by molar-refractivity contribution is 0.0856. The predicted octanol–water partition coefficient (Wildman–Crippen LogP) is 1.77. The third kappa shape index (κ3) is 4.67. The molecule has 4 N–H and O–H groups in total. The number of piperidine rings is 1. The number of fused-ring (bicyclic) bond motifs is 2. The Morgan fingerprint density at radius 3 is 2.11 bits per heavy atom. The van der Waals surface area contributed by atoms with Gasteiger partial charge in [-0.2, -0.15) is 0 Å². The highest BCUT2D eigenvalue weighted by Gasteiger charge is 2.42. The Morgan fingerprint density at radius 1 is 0.917 bits per heavy atom. The fraction of sp³-hybridized carbons (Fsp3) is 0.481. The zero-order chi connectivity index (χ0) is 25.6. The fourth-order valence-electron chi connectivity index (χ4n) is 5.99. The number of likely N-dealkylation sites (N-methyl/N-ethyl adjacent to an activating group) is 1. The van der Waals surface area contributed by atoms with E-state index in [-0.39, 0.29) is 23.9 Å². The molecule has 3 fully saturated rings. The second kappa shape index (κ2) is 9.54. The Labute approximate surface area is 211 Å². The number of likely N-dealkylation sites (tertiary alicyclic amines) is 1. The van der Waals surface area contributed by atoms with E-state index in [1.54, 1.807) is 25.3 Å². The number of anilines is 1. The van der Waals surface area contributed by atoms with Crippen molar-refractivity contribution in [1.29, 1.82) is 0 Å². The van der Waals surface area contributed by atoms with Crippen molar-refractivity contribution in [2.45, 2.75) is 63.7 Å². The third-order valence-corrected chi connectivity index (χ3v) is 7.82. The van der Waals surface area contributed by atoms with Crippen LogP contribution in [0.25, 0.3) is 0 Å². The Hall–Kier alpha value is -3.46. The van der Waals surface area contributed by atoms with Gasteiger partial charge in [0.2, 0.25) is 5.91 Å². The van der Waals surface area contributed by atoms with Crippen LogP contribution in [0.2, 0.25) is 0 Å². The summed E-state index contributed by atoms with van der Waals surface area (Å²) in [6, 6.07) is 8.12. The number of amides is 3. The molecule has 0 radical (unpaired) electrons. The first kappa shape index (κ1) is 24.2. The highest BCUT2D eigenvalue weighted by molar-refractivity contribution is 5.99. The van der Waals surface area contributed by atoms with Gasteiger partial charge in [0.25, 0.3) is 11.8 Å². The van der Waals surface area contributed by atoms with Gasteiger partial charge < -0.3 is 26.2 Å². The monoisotopic (exact) mass is 490 g/mol. The van der Waals surface area contributed by atoms with E-state index in [0.717, 1.165) is 50.2 Å². The van der Waals surface area contributed by atoms with Crippen LogP contribution in [0.5, 0.6) is 0 Å². The normalized spacial score (nSPS) is 23.8. The Kier molecular flexibility index (Phi) is 6.42. The molecule has 2 aromatic rings. The molecule has 3 amide bonds. The van der Waals surface area contributed by atoms with E-state index in [2.05, 4.69) is 25.4 Å². The van der Waals surface area contributed by atoms with Gasteiger partial charge in [0.1, 0.15) is 5.82 Å². The summed E-state index contributed by atoms with van der Waals surface area (Å²) in [5.74, 6) is 0.210. The van der Waals surface area contributed by atoms with Gasteiger partial charge in [-0.05, 0) is 82.0 Å². The number of aromatic nitrogens is 1. The molecule has 5 rings (SSSR count). The van der Waals surface area contributed by atoms with Crippen LogP contribution in [0.15, 0.2) is 30.5 Å². The smallest absolute Gasteiger partial charge is 0.253 e. The first-order valence-corrected chi connectivity index (χ1v) is 12.6. The summed E-state index contributed by atoms with van der Waals surface area (Å²) in [7, 11) is 2.03. The van der Waals surface area contributed by atoms with Crippen molar-refractivity contribution < 1.29 is 14.4 Å². The maximum atomic E-state index is 13.1. The number of pyridine rings is 1. The molecular weight excluding hydrogens is 456 g/mol. The number of hydrogen-bond donors (Lipinski definition) is 3. The fourth-order valence-corrected chi connectivity index (χ4v) is 5.99. The van der Waals surface area contributed by atoms with Crippen LogP contribution in [-0.4, -0.2) is 71.9 Å². The van der Waals surface area contributed by atoms with E-state index in [1.165, 1.54) is 0 Å². The van der Waals surface area contributed by atoms with E-state index in [0.29, 0.717) is 34.3 Å². The molecule has 3 atom stereocenters. The van der Waals surface area contributed by atoms with Gasteiger partial charge in [0.05, 0.1) is 11.6 Å². The number of nitrogens with one attached hydrogen (secondary N) is 2. The first-order chi connectivity index (χ1) is 17.2. The molecule has 9 heteroatoms. The molecule has 3 aliphatic rings. The standard InChI is InChI=1S/C27H34N6O3/c1-15-9-23(16(2)8-22(15)25(28)34)27(36)30-18-10-20-5-6-21(11-18)33(20)24-7-4-17(12-29-24)26(35)31-19-13-32(3)14-19/h4,7-9,12,18-21H,5-6,10-11,13-14H2,1-3H3,(H2,28,34)(H,30,36)(H,31,35)/t18-,20+,21-. The predicted molar refractivity (Wildman–Crippen MR) is 137 cm³/mol. The number of carbonyl (C=O) groups excluding carboxylic acids is 3. The molecule has 36 heavy (non-hydrogen) atoms. The molecule has 0 aliphatic carbocycles. The van der Waals surface area contributed by atoms with Gasteiger partial charge in [0, 0.05) is 48.5 Å². The van der Waals surface area contributed by atoms with Crippen molar-refractivity contribution >= 4 is 23.5 Å². The van der Waals surface area contributed by atoms with Crippen molar-refractivity contribution in [3.05, 3.63) is 58.3 Å². The molecule has 2 bridgehead atoms. The topological polar surface area (TPSA) is 121 Å². The minimum absolute atomic E-state index is 0.0763. The number of aryl methyl sites for hydroxylation is 2. The van der Waals surface area contributed by atoms with E-state index in [4.69, 9.17) is 5.73 Å². The second-order valence-electron chi connectivity index (χ2n) is 10.6. The molecule has 0 unspecified atom stereocenters. The molecule has 0 spiro atoms. The van der Waals surface area contributed by atoms with Crippen LogP contribution in [0, 0.1) is 13.8 Å². The molecular formula is C27H34N6O3. The van der Waals surface area contributed by atoms with E-state index < -0.39 is 5.91 Å². The molecule has 9 nitrogen and oxygen atoms in total. The summed E-state index contributed by atoms with van der Waals surface area (Å²) in [4.78, 5) is 46.3. The molecule has 3 saturated heterocycles. The van der Waals surface area contributed by atoms with Crippen molar-refractivity contribution in [1.82, 2.24) is 20.5 Å². The summed E-state index contributed by atoms with van der Waals surface area (Å²) in [6.07, 6.45) is 5.47. The van der Waals surface area contributed by atoms with E-state index >= 15 is 0 Å². The molecule has 4 heterocycles. The number of nitrogens with two attached hydrogens (primary N) is 1. The van der Waals surface area contributed by atoms with Crippen molar-refractivity contribution in [2.75, 3.05) is 25.0 Å². The van der Waals surface area contributed by atoms with Crippen molar-refractivity contribution in [2.24, 2.45) is 5.73 Å². The maximum Gasteiger partial charge on any atom is 0.253 e. The zero-order valence-corrected chi connectivity index (χ0v) is 21.1. The summed E-state index contributed by atoms with van der Waals surface area (Å²) >= 11 is 0. The average molecular weight is 491 g/mol. The lowest BCUT2D eigenvalue weighted by atomic mass is 9.95. The zero-order valence-electron chi connectivity index (χ0n) is 21.1. The number of hydrogen-bond acceptors (Lipinski definition) is 6. The molecule has 1 aromatic carbocycles. The highest BCUT2D eigenvalue weighted by atomic mass is 16.2. The van der Waals surface area contributed by atoms with Crippen molar-refractivity contribution in [3.63, 3.8) is 0 Å². The van der Waals surface area contributed by atoms with Crippen molar-refractivity contribution in [3.8, 4) is 0 Å². The van der Waals surface area contributed by atoms with Crippen LogP contribution >= 0.6 is 0 Å².